The summed E-state index contributed by atoms with van der Waals surface area (Å²) < 4.78 is 55.7. The predicted octanol–water partition coefficient (Wildman–Crippen LogP) is 3.04. The van der Waals surface area contributed by atoms with Gasteiger partial charge in [0.25, 0.3) is 29.5 Å². The molecule has 23 heteroatoms. The van der Waals surface area contributed by atoms with Crippen LogP contribution in [0.4, 0.5) is 24.7 Å². The molecule has 6 N–H and O–H groups in total. The molecular formula is C42H39F3N10O10. The number of aryl methyl sites for hydroxylation is 1. The van der Waals surface area contributed by atoms with Crippen molar-refractivity contribution < 1.29 is 60.6 Å². The molecule has 5 heterocycles. The van der Waals surface area contributed by atoms with Crippen molar-refractivity contribution in [3.63, 3.8) is 0 Å². The van der Waals surface area contributed by atoms with Gasteiger partial charge in [-0.05, 0) is 67.3 Å². The number of benzene rings is 2. The average molecular weight is 901 g/mol. The molecule has 1 unspecified atom stereocenters. The predicted molar refractivity (Wildman–Crippen MR) is 220 cm³/mol. The third-order valence-electron chi connectivity index (χ3n) is 10.00. The Morgan fingerprint density at radius 3 is 2.46 bits per heavy atom. The summed E-state index contributed by atoms with van der Waals surface area (Å²) in [4.78, 5) is 97.2. The van der Waals surface area contributed by atoms with Gasteiger partial charge in [-0.25, -0.2) is 14.6 Å². The maximum absolute atomic E-state index is 13.3. The fraction of sp³-hybridized carbons (Fsp3) is 0.286. The molecule has 1 atom stereocenters. The van der Waals surface area contributed by atoms with E-state index in [4.69, 9.17) is 19.6 Å². The SMILES string of the molecule is NC(=O)c1nn(-c2ccc(C(=O)NCCOCCOCCCc3cccc4c3C(=O)N(C3CCC(=O)NC3=O)C4=O)cc2)cc1NC(=O)c1coc(-c2ccnc(NCC(F)(F)F)c2)n1. The molecule has 2 aliphatic heterocycles. The number of carbonyl (C=O) groups is 7. The van der Waals surface area contributed by atoms with E-state index in [1.165, 1.54) is 41.3 Å². The quantitative estimate of drug-likeness (QED) is 0.0589. The van der Waals surface area contributed by atoms with E-state index in [2.05, 4.69) is 36.3 Å². The summed E-state index contributed by atoms with van der Waals surface area (Å²) in [5.41, 5.74) is 7.06. The number of piperidine rings is 1. The van der Waals surface area contributed by atoms with Crippen LogP contribution in [0.5, 0.6) is 0 Å². The van der Waals surface area contributed by atoms with E-state index in [-0.39, 0.29) is 90.6 Å². The number of ether oxygens (including phenoxy) is 2. The summed E-state index contributed by atoms with van der Waals surface area (Å²) in [6.45, 7) is -0.0526. The first-order valence-corrected chi connectivity index (χ1v) is 20.0. The highest BCUT2D eigenvalue weighted by Crippen LogP contribution is 2.31. The minimum Gasteiger partial charge on any atom is -0.444 e. The van der Waals surface area contributed by atoms with E-state index in [0.29, 0.717) is 36.3 Å². The van der Waals surface area contributed by atoms with Gasteiger partial charge in [-0.3, -0.25) is 43.8 Å². The number of imide groups is 2. The molecule has 0 saturated carbocycles. The highest BCUT2D eigenvalue weighted by atomic mass is 19.4. The number of hydrogen-bond acceptors (Lipinski definition) is 14. The van der Waals surface area contributed by atoms with Crippen molar-refractivity contribution in [2.24, 2.45) is 5.73 Å². The normalized spacial score (nSPS) is 14.9. The summed E-state index contributed by atoms with van der Waals surface area (Å²) >= 11 is 0. The zero-order chi connectivity index (χ0) is 46.3. The number of anilines is 2. The van der Waals surface area contributed by atoms with Gasteiger partial charge in [-0.2, -0.15) is 18.3 Å². The number of rotatable bonds is 19. The van der Waals surface area contributed by atoms with E-state index < -0.39 is 54.2 Å². The van der Waals surface area contributed by atoms with Crippen LogP contribution >= 0.6 is 0 Å². The number of alkyl halides is 3. The van der Waals surface area contributed by atoms with Gasteiger partial charge >= 0.3 is 6.18 Å². The molecule has 0 aliphatic carbocycles. The smallest absolute Gasteiger partial charge is 0.405 e. The van der Waals surface area contributed by atoms with Crippen LogP contribution in [-0.4, -0.2) is 118 Å². The number of hydrogen-bond donors (Lipinski definition) is 5. The molecular weight excluding hydrogens is 862 g/mol. The number of nitrogens with zero attached hydrogens (tertiary/aromatic N) is 5. The zero-order valence-corrected chi connectivity index (χ0v) is 34.1. The Morgan fingerprint density at radius 1 is 0.954 bits per heavy atom. The molecule has 2 aliphatic rings. The summed E-state index contributed by atoms with van der Waals surface area (Å²) in [6.07, 6.45) is 0.224. The number of nitrogens with one attached hydrogen (secondary N) is 4. The Morgan fingerprint density at radius 2 is 1.72 bits per heavy atom. The van der Waals surface area contributed by atoms with E-state index in [1.807, 2.05) is 0 Å². The number of fused-ring (bicyclic) bond motifs is 1. The monoisotopic (exact) mass is 900 g/mol. The Labute approximate surface area is 366 Å². The van der Waals surface area contributed by atoms with E-state index >= 15 is 0 Å². The molecule has 0 radical (unpaired) electrons. The largest absolute Gasteiger partial charge is 0.444 e. The Balaban J connectivity index is 0.819. The van der Waals surface area contributed by atoms with Gasteiger partial charge in [0.15, 0.2) is 11.4 Å². The van der Waals surface area contributed by atoms with Crippen molar-refractivity contribution in [1.82, 2.24) is 35.3 Å². The highest BCUT2D eigenvalue weighted by Gasteiger charge is 2.45. The summed E-state index contributed by atoms with van der Waals surface area (Å²) in [5, 5.41) is 13.8. The fourth-order valence-electron chi connectivity index (χ4n) is 6.91. The summed E-state index contributed by atoms with van der Waals surface area (Å²) in [7, 11) is 0. The molecule has 1 fully saturated rings. The lowest BCUT2D eigenvalue weighted by Gasteiger charge is -2.27. The van der Waals surface area contributed by atoms with Crippen molar-refractivity contribution in [2.45, 2.75) is 37.9 Å². The molecule has 20 nitrogen and oxygen atoms in total. The van der Waals surface area contributed by atoms with Crippen LogP contribution in [0.15, 0.2) is 77.7 Å². The summed E-state index contributed by atoms with van der Waals surface area (Å²) in [5.74, 6) is -4.54. The van der Waals surface area contributed by atoms with Crippen molar-refractivity contribution in [1.29, 1.82) is 0 Å². The van der Waals surface area contributed by atoms with E-state index in [9.17, 15) is 46.7 Å². The lowest BCUT2D eigenvalue weighted by atomic mass is 9.99. The molecule has 7 amide bonds. The fourth-order valence-corrected chi connectivity index (χ4v) is 6.91. The van der Waals surface area contributed by atoms with Crippen LogP contribution < -0.4 is 27.0 Å². The van der Waals surface area contributed by atoms with Gasteiger partial charge in [0.2, 0.25) is 17.7 Å². The third-order valence-corrected chi connectivity index (χ3v) is 10.00. The lowest BCUT2D eigenvalue weighted by Crippen LogP contribution is -2.54. The molecule has 1 saturated heterocycles. The van der Waals surface area contributed by atoms with Crippen LogP contribution in [0.3, 0.4) is 0 Å². The van der Waals surface area contributed by atoms with Gasteiger partial charge in [0, 0.05) is 36.9 Å². The number of oxazole rings is 1. The topological polar surface area (TPSA) is 272 Å². The third kappa shape index (κ3) is 10.9. The first-order chi connectivity index (χ1) is 31.2. The maximum atomic E-state index is 13.3. The first-order valence-electron chi connectivity index (χ1n) is 20.0. The minimum atomic E-state index is -4.47. The number of carbonyl (C=O) groups excluding carboxylic acids is 7. The Kier molecular flexibility index (Phi) is 13.7. The highest BCUT2D eigenvalue weighted by molar-refractivity contribution is 6.24. The van der Waals surface area contributed by atoms with Gasteiger partial charge in [0.05, 0.1) is 48.5 Å². The number of aromatic nitrogens is 4. The molecule has 0 bridgehead atoms. The zero-order valence-electron chi connectivity index (χ0n) is 34.1. The molecule has 3 aromatic heterocycles. The van der Waals surface area contributed by atoms with Gasteiger partial charge in [-0.1, -0.05) is 12.1 Å². The van der Waals surface area contributed by atoms with Crippen molar-refractivity contribution in [3.05, 3.63) is 107 Å². The van der Waals surface area contributed by atoms with Crippen LogP contribution in [0, 0.1) is 0 Å². The van der Waals surface area contributed by atoms with Crippen LogP contribution in [0.1, 0.15) is 76.9 Å². The van der Waals surface area contributed by atoms with Gasteiger partial charge in [0.1, 0.15) is 24.7 Å². The molecule has 0 spiro atoms. The number of amides is 7. The molecule has 7 rings (SSSR count). The minimum absolute atomic E-state index is 0.0362. The van der Waals surface area contributed by atoms with Crippen molar-refractivity contribution >= 4 is 52.9 Å². The van der Waals surface area contributed by atoms with Crippen LogP contribution in [0.25, 0.3) is 17.1 Å². The van der Waals surface area contributed by atoms with Crippen molar-refractivity contribution in [2.75, 3.05) is 50.2 Å². The number of primary amides is 1. The lowest BCUT2D eigenvalue weighted by molar-refractivity contribution is -0.136. The second kappa shape index (κ2) is 19.7. The molecule has 338 valence electrons. The standard InChI is InChI=1S/C42H39F3N10O10/c43-42(44,45)22-49-31-19-25(12-13-47-31)39-51-29(21-65-39)37(59)50-28-20-54(53-34(28)35(46)57)26-8-6-24(7-9-26)36(58)48-14-16-64-18-17-63-15-2-4-23-3-1-5-27-33(23)41(62)55(40(27)61)30-10-11-32(56)52-38(30)60/h1,3,5-9,12-13,19-21,30H,2,4,10-11,14-18,22H2,(H2,46,57)(H,47,49)(H,48,58)(H,50,59)(H,52,56,60). The first kappa shape index (κ1) is 45.2. The second-order valence-electron chi connectivity index (χ2n) is 14.5. The van der Waals surface area contributed by atoms with Crippen molar-refractivity contribution in [3.8, 4) is 17.1 Å². The Bertz CT molecular complexity index is 2650. The van der Waals surface area contributed by atoms with Gasteiger partial charge < -0.3 is 35.6 Å². The molecule has 5 aromatic rings. The average Bonchev–Trinajstić information content (AvgIpc) is 4.01. The molecule has 65 heavy (non-hydrogen) atoms. The van der Waals surface area contributed by atoms with E-state index in [1.54, 1.807) is 30.3 Å². The number of nitrogens with two attached hydrogens (primary N) is 1. The van der Waals surface area contributed by atoms with Crippen LogP contribution in [-0.2, 0) is 25.5 Å². The van der Waals surface area contributed by atoms with Gasteiger partial charge in [-0.15, -0.1) is 0 Å². The number of halogens is 3. The Hall–Kier alpha value is -7.79. The van der Waals surface area contributed by atoms with E-state index in [0.717, 1.165) is 11.2 Å². The number of pyridine rings is 1. The maximum Gasteiger partial charge on any atom is 0.405 e. The second-order valence-corrected chi connectivity index (χ2v) is 14.5. The van der Waals surface area contributed by atoms with Crippen LogP contribution in [0.2, 0.25) is 0 Å². The molecule has 2 aromatic carbocycles. The summed E-state index contributed by atoms with van der Waals surface area (Å²) in [6, 6.07) is 12.8.